The molecular formula is C15H31N3O2. The van der Waals surface area contributed by atoms with Gasteiger partial charge in [-0.2, -0.15) is 0 Å². The van der Waals surface area contributed by atoms with Crippen LogP contribution in [0.25, 0.3) is 0 Å². The summed E-state index contributed by atoms with van der Waals surface area (Å²) in [5, 5.41) is 12.1. The Labute approximate surface area is 123 Å². The summed E-state index contributed by atoms with van der Waals surface area (Å²) in [6.07, 6.45) is 5.67. The molecule has 0 spiro atoms. The van der Waals surface area contributed by atoms with Gasteiger partial charge in [0.05, 0.1) is 6.10 Å². The first-order chi connectivity index (χ1) is 9.50. The van der Waals surface area contributed by atoms with Crippen LogP contribution in [0.15, 0.2) is 0 Å². The van der Waals surface area contributed by atoms with E-state index in [1.165, 1.54) is 30.7 Å². The van der Waals surface area contributed by atoms with Crippen molar-refractivity contribution < 1.29 is 9.90 Å². The maximum Gasteiger partial charge on any atom is 0.317 e. The highest BCUT2D eigenvalue weighted by molar-refractivity contribution is 5.73. The third-order valence-corrected chi connectivity index (χ3v) is 3.97. The number of aliphatic hydroxyl groups excluding tert-OH is 1. The van der Waals surface area contributed by atoms with Gasteiger partial charge in [-0.15, -0.1) is 0 Å². The lowest BCUT2D eigenvalue weighted by Crippen LogP contribution is -2.41. The monoisotopic (exact) mass is 285 g/mol. The van der Waals surface area contributed by atoms with Gasteiger partial charge in [0, 0.05) is 26.2 Å². The molecule has 5 nitrogen and oxygen atoms in total. The van der Waals surface area contributed by atoms with Gasteiger partial charge in [-0.1, -0.05) is 6.42 Å². The molecule has 5 heteroatoms. The van der Waals surface area contributed by atoms with Gasteiger partial charge in [-0.05, 0) is 52.6 Å². The number of hydrogen-bond donors (Lipinski definition) is 2. The number of carbonyl (C=O) groups is 1. The molecule has 20 heavy (non-hydrogen) atoms. The van der Waals surface area contributed by atoms with Gasteiger partial charge in [0.15, 0.2) is 0 Å². The van der Waals surface area contributed by atoms with Crippen LogP contribution in [0.1, 0.15) is 46.0 Å². The predicted molar refractivity (Wildman–Crippen MR) is 81.8 cm³/mol. The second-order valence-corrected chi connectivity index (χ2v) is 6.05. The number of likely N-dealkylation sites (tertiary alicyclic amines) is 1. The van der Waals surface area contributed by atoms with E-state index in [2.05, 4.69) is 17.1 Å². The number of likely N-dealkylation sites (N-methyl/N-ethyl adjacent to an activating group) is 1. The number of urea groups is 1. The van der Waals surface area contributed by atoms with Crippen LogP contribution in [0.5, 0.6) is 0 Å². The van der Waals surface area contributed by atoms with E-state index in [-0.39, 0.29) is 6.03 Å². The summed E-state index contributed by atoms with van der Waals surface area (Å²) in [6, 6.07) is 0.618. The Balaban J connectivity index is 2.05. The van der Waals surface area contributed by atoms with Crippen molar-refractivity contribution in [2.45, 2.75) is 58.1 Å². The molecule has 1 aliphatic rings. The highest BCUT2D eigenvalue weighted by Gasteiger charge is 2.17. The van der Waals surface area contributed by atoms with Crippen molar-refractivity contribution in [3.63, 3.8) is 0 Å². The number of nitrogens with one attached hydrogen (secondary N) is 1. The van der Waals surface area contributed by atoms with E-state index in [4.69, 9.17) is 0 Å². The van der Waals surface area contributed by atoms with Crippen LogP contribution in [0, 0.1) is 0 Å². The molecule has 2 unspecified atom stereocenters. The van der Waals surface area contributed by atoms with Crippen molar-refractivity contribution in [1.82, 2.24) is 15.1 Å². The van der Waals surface area contributed by atoms with Crippen LogP contribution in [-0.4, -0.2) is 66.3 Å². The van der Waals surface area contributed by atoms with E-state index < -0.39 is 6.10 Å². The lowest BCUT2D eigenvalue weighted by atomic mass is 10.0. The lowest BCUT2D eigenvalue weighted by molar-refractivity contribution is 0.143. The van der Waals surface area contributed by atoms with Gasteiger partial charge in [-0.3, -0.25) is 0 Å². The molecule has 0 bridgehead atoms. The molecule has 2 N–H and O–H groups in total. The summed E-state index contributed by atoms with van der Waals surface area (Å²) >= 11 is 0. The fourth-order valence-corrected chi connectivity index (χ4v) is 2.74. The number of unbranched alkanes of at least 4 members (excludes halogenated alkanes) is 1. The quantitative estimate of drug-likeness (QED) is 0.700. The summed E-state index contributed by atoms with van der Waals surface area (Å²) in [7, 11) is 1.71. The maximum absolute atomic E-state index is 11.7. The van der Waals surface area contributed by atoms with Gasteiger partial charge in [0.1, 0.15) is 0 Å². The Kier molecular flexibility index (Phi) is 7.92. The van der Waals surface area contributed by atoms with E-state index in [1.54, 1.807) is 14.0 Å². The largest absolute Gasteiger partial charge is 0.392 e. The van der Waals surface area contributed by atoms with Gasteiger partial charge in [0.2, 0.25) is 0 Å². The molecule has 0 aromatic carbocycles. The SMILES string of the molecule is CC(O)CN(C)C(=O)NCCCCN1CCCCC1C. The van der Waals surface area contributed by atoms with Crippen LogP contribution >= 0.6 is 0 Å². The molecule has 1 aliphatic heterocycles. The molecule has 0 aromatic rings. The van der Waals surface area contributed by atoms with E-state index in [9.17, 15) is 9.90 Å². The minimum absolute atomic E-state index is 0.0998. The molecule has 118 valence electrons. The molecule has 1 rings (SSSR count). The molecule has 2 amide bonds. The fraction of sp³-hybridized carbons (Fsp3) is 0.933. The summed E-state index contributed by atoms with van der Waals surface area (Å²) in [4.78, 5) is 15.8. The van der Waals surface area contributed by atoms with E-state index in [0.29, 0.717) is 13.1 Å². The van der Waals surface area contributed by atoms with Crippen molar-refractivity contribution >= 4 is 6.03 Å². The molecule has 1 heterocycles. The third-order valence-electron chi connectivity index (χ3n) is 3.97. The maximum atomic E-state index is 11.7. The van der Waals surface area contributed by atoms with E-state index in [0.717, 1.165) is 25.4 Å². The normalized spacial score (nSPS) is 21.5. The minimum atomic E-state index is -0.480. The van der Waals surface area contributed by atoms with Gasteiger partial charge in [-0.25, -0.2) is 4.79 Å². The number of piperidine rings is 1. The predicted octanol–water partition coefficient (Wildman–Crippen LogP) is 1.66. The fourth-order valence-electron chi connectivity index (χ4n) is 2.74. The molecule has 0 saturated carbocycles. The topological polar surface area (TPSA) is 55.8 Å². The van der Waals surface area contributed by atoms with Crippen molar-refractivity contribution in [3.8, 4) is 0 Å². The molecule has 1 fully saturated rings. The Morgan fingerprint density at radius 3 is 2.85 bits per heavy atom. The molecule has 0 aromatic heterocycles. The van der Waals surface area contributed by atoms with Crippen LogP contribution in [0.3, 0.4) is 0 Å². The van der Waals surface area contributed by atoms with Crippen molar-refractivity contribution in [2.75, 3.05) is 33.2 Å². The highest BCUT2D eigenvalue weighted by Crippen LogP contribution is 2.16. The smallest absolute Gasteiger partial charge is 0.317 e. The Morgan fingerprint density at radius 2 is 2.20 bits per heavy atom. The van der Waals surface area contributed by atoms with E-state index >= 15 is 0 Å². The van der Waals surface area contributed by atoms with Gasteiger partial charge in [0.25, 0.3) is 0 Å². The van der Waals surface area contributed by atoms with Crippen LogP contribution in [-0.2, 0) is 0 Å². The second-order valence-electron chi connectivity index (χ2n) is 6.05. The van der Waals surface area contributed by atoms with Crippen LogP contribution in [0.2, 0.25) is 0 Å². The first kappa shape index (κ1) is 17.2. The highest BCUT2D eigenvalue weighted by atomic mass is 16.3. The molecular weight excluding hydrogens is 254 g/mol. The number of aliphatic hydroxyl groups is 1. The zero-order valence-corrected chi connectivity index (χ0v) is 13.3. The number of nitrogens with zero attached hydrogens (tertiary/aromatic N) is 2. The average Bonchev–Trinajstić information content (AvgIpc) is 2.39. The summed E-state index contributed by atoms with van der Waals surface area (Å²) in [5.74, 6) is 0. The Morgan fingerprint density at radius 1 is 1.45 bits per heavy atom. The third kappa shape index (κ3) is 6.57. The zero-order chi connectivity index (χ0) is 15.0. The summed E-state index contributed by atoms with van der Waals surface area (Å²) < 4.78 is 0. The average molecular weight is 285 g/mol. The zero-order valence-electron chi connectivity index (χ0n) is 13.3. The Hall–Kier alpha value is -0.810. The first-order valence-corrected chi connectivity index (χ1v) is 7.91. The number of rotatable bonds is 7. The minimum Gasteiger partial charge on any atom is -0.392 e. The number of carbonyl (C=O) groups excluding carboxylic acids is 1. The summed E-state index contributed by atoms with van der Waals surface area (Å²) in [6.45, 7) is 7.45. The molecule has 0 radical (unpaired) electrons. The molecule has 0 aliphatic carbocycles. The van der Waals surface area contributed by atoms with Crippen molar-refractivity contribution in [3.05, 3.63) is 0 Å². The van der Waals surface area contributed by atoms with Crippen LogP contribution < -0.4 is 5.32 Å². The first-order valence-electron chi connectivity index (χ1n) is 7.91. The van der Waals surface area contributed by atoms with Gasteiger partial charge >= 0.3 is 6.03 Å². The summed E-state index contributed by atoms with van der Waals surface area (Å²) in [5.41, 5.74) is 0. The number of amides is 2. The van der Waals surface area contributed by atoms with E-state index in [1.807, 2.05) is 0 Å². The van der Waals surface area contributed by atoms with Crippen molar-refractivity contribution in [1.29, 1.82) is 0 Å². The number of hydrogen-bond acceptors (Lipinski definition) is 3. The molecule has 2 atom stereocenters. The second kappa shape index (κ2) is 9.19. The molecule has 1 saturated heterocycles. The van der Waals surface area contributed by atoms with Gasteiger partial charge < -0.3 is 20.2 Å². The lowest BCUT2D eigenvalue weighted by Gasteiger charge is -2.33. The van der Waals surface area contributed by atoms with Crippen LogP contribution in [0.4, 0.5) is 4.79 Å². The standard InChI is InChI=1S/C15H31N3O2/c1-13-8-4-6-10-18(13)11-7-5-9-16-15(20)17(3)12-14(2)19/h13-14,19H,4-12H2,1-3H3,(H,16,20). The van der Waals surface area contributed by atoms with Crippen molar-refractivity contribution in [2.24, 2.45) is 0 Å². The Bertz CT molecular complexity index is 284.